The molecule has 0 bridgehead atoms. The predicted molar refractivity (Wildman–Crippen MR) is 71.1 cm³/mol. The van der Waals surface area contributed by atoms with Crippen molar-refractivity contribution in [3.8, 4) is 0 Å². The number of aryl methyl sites for hydroxylation is 1. The van der Waals surface area contributed by atoms with Crippen LogP contribution in [0, 0.1) is 6.92 Å². The third kappa shape index (κ3) is 3.30. The maximum absolute atomic E-state index is 12.6. The maximum Gasteiger partial charge on any atom is 0.256 e. The van der Waals surface area contributed by atoms with E-state index in [0.717, 1.165) is 12.0 Å². The van der Waals surface area contributed by atoms with Gasteiger partial charge in [0.25, 0.3) is 5.91 Å². The fourth-order valence-electron chi connectivity index (χ4n) is 2.25. The van der Waals surface area contributed by atoms with Crippen LogP contribution in [0.1, 0.15) is 22.3 Å². The molecule has 5 nitrogen and oxygen atoms in total. The molecule has 0 spiro atoms. The highest BCUT2D eigenvalue weighted by Gasteiger charge is 2.28. The summed E-state index contributed by atoms with van der Waals surface area (Å²) < 4.78 is 10.5. The third-order valence-electron chi connectivity index (χ3n) is 3.41. The highest BCUT2D eigenvalue weighted by atomic mass is 16.5. The number of rotatable bonds is 5. The highest BCUT2D eigenvalue weighted by molar-refractivity contribution is 5.95. The van der Waals surface area contributed by atoms with Crippen molar-refractivity contribution in [3.63, 3.8) is 0 Å². The average Bonchev–Trinajstić information content (AvgIpc) is 2.93. The van der Waals surface area contributed by atoms with Gasteiger partial charge >= 0.3 is 0 Å². The van der Waals surface area contributed by atoms with Crippen LogP contribution in [0.25, 0.3) is 0 Å². The van der Waals surface area contributed by atoms with Crippen molar-refractivity contribution >= 4 is 5.91 Å². The topological polar surface area (TPSA) is 51.7 Å². The van der Waals surface area contributed by atoms with Crippen molar-refractivity contribution in [1.29, 1.82) is 0 Å². The number of ether oxygens (including phenoxy) is 2. The molecule has 2 rings (SSSR count). The first-order chi connectivity index (χ1) is 9.24. The Labute approximate surface area is 113 Å². The van der Waals surface area contributed by atoms with Crippen LogP contribution in [0.5, 0.6) is 0 Å². The SMILES string of the molecule is COCCN(C(=O)c1cnccc1C)C1CCOC1. The van der Waals surface area contributed by atoms with Crippen LogP contribution in [0.3, 0.4) is 0 Å². The monoisotopic (exact) mass is 264 g/mol. The molecule has 0 saturated carbocycles. The summed E-state index contributed by atoms with van der Waals surface area (Å²) in [5.41, 5.74) is 1.60. The molecule has 1 unspecified atom stereocenters. The Kier molecular flexibility index (Phi) is 4.87. The van der Waals surface area contributed by atoms with Crippen LogP contribution < -0.4 is 0 Å². The van der Waals surface area contributed by atoms with Crippen molar-refractivity contribution in [2.24, 2.45) is 0 Å². The summed E-state index contributed by atoms with van der Waals surface area (Å²) in [6.07, 6.45) is 4.21. The lowest BCUT2D eigenvalue weighted by atomic mass is 10.1. The predicted octanol–water partition coefficient (Wildman–Crippen LogP) is 1.27. The van der Waals surface area contributed by atoms with Gasteiger partial charge in [-0.1, -0.05) is 0 Å². The van der Waals surface area contributed by atoms with Crippen LogP contribution in [0.4, 0.5) is 0 Å². The van der Waals surface area contributed by atoms with Gasteiger partial charge in [0.05, 0.1) is 24.8 Å². The Morgan fingerprint density at radius 3 is 3.11 bits per heavy atom. The van der Waals surface area contributed by atoms with Crippen molar-refractivity contribution in [2.45, 2.75) is 19.4 Å². The lowest BCUT2D eigenvalue weighted by Crippen LogP contribution is -2.43. The molecule has 2 heterocycles. The van der Waals surface area contributed by atoms with Crippen LogP contribution in [0.2, 0.25) is 0 Å². The van der Waals surface area contributed by atoms with E-state index < -0.39 is 0 Å². The second kappa shape index (κ2) is 6.63. The molecule has 0 radical (unpaired) electrons. The number of hydrogen-bond donors (Lipinski definition) is 0. The number of carbonyl (C=O) groups excluding carboxylic acids is 1. The van der Waals surface area contributed by atoms with Crippen molar-refractivity contribution in [1.82, 2.24) is 9.88 Å². The number of amides is 1. The Morgan fingerprint density at radius 2 is 2.47 bits per heavy atom. The van der Waals surface area contributed by atoms with Gasteiger partial charge in [0.15, 0.2) is 0 Å². The lowest BCUT2D eigenvalue weighted by molar-refractivity contribution is 0.0575. The Balaban J connectivity index is 2.17. The molecular weight excluding hydrogens is 244 g/mol. The summed E-state index contributed by atoms with van der Waals surface area (Å²) in [4.78, 5) is 18.5. The fraction of sp³-hybridized carbons (Fsp3) is 0.571. The molecule has 1 aliphatic heterocycles. The van der Waals surface area contributed by atoms with Gasteiger partial charge < -0.3 is 14.4 Å². The molecule has 5 heteroatoms. The fourth-order valence-corrected chi connectivity index (χ4v) is 2.25. The van der Waals surface area contributed by atoms with E-state index in [2.05, 4.69) is 4.98 Å². The second-order valence-corrected chi connectivity index (χ2v) is 4.70. The van der Waals surface area contributed by atoms with E-state index in [4.69, 9.17) is 9.47 Å². The summed E-state index contributed by atoms with van der Waals surface area (Å²) in [5, 5.41) is 0. The van der Waals surface area contributed by atoms with Gasteiger partial charge in [-0.3, -0.25) is 9.78 Å². The standard InChI is InChI=1S/C14H20N2O3/c1-11-3-5-15-9-13(11)14(17)16(6-8-18-2)12-4-7-19-10-12/h3,5,9,12H,4,6-8,10H2,1-2H3. The molecule has 1 amide bonds. The van der Waals surface area contributed by atoms with Crippen molar-refractivity contribution in [3.05, 3.63) is 29.6 Å². The van der Waals surface area contributed by atoms with Crippen molar-refractivity contribution in [2.75, 3.05) is 33.5 Å². The largest absolute Gasteiger partial charge is 0.383 e. The molecule has 19 heavy (non-hydrogen) atoms. The number of pyridine rings is 1. The molecular formula is C14H20N2O3. The van der Waals surface area contributed by atoms with Gasteiger partial charge in [-0.05, 0) is 25.0 Å². The van der Waals surface area contributed by atoms with E-state index in [1.165, 1.54) is 0 Å². The summed E-state index contributed by atoms with van der Waals surface area (Å²) >= 11 is 0. The molecule has 1 atom stereocenters. The molecule has 104 valence electrons. The lowest BCUT2D eigenvalue weighted by Gasteiger charge is -2.28. The second-order valence-electron chi connectivity index (χ2n) is 4.70. The van der Waals surface area contributed by atoms with Gasteiger partial charge in [0.2, 0.25) is 0 Å². The minimum absolute atomic E-state index is 0.0122. The zero-order chi connectivity index (χ0) is 13.7. The zero-order valence-corrected chi connectivity index (χ0v) is 11.5. The van der Waals surface area contributed by atoms with Gasteiger partial charge in [-0.15, -0.1) is 0 Å². The normalized spacial score (nSPS) is 18.5. The van der Waals surface area contributed by atoms with E-state index in [9.17, 15) is 4.79 Å². The first-order valence-corrected chi connectivity index (χ1v) is 6.52. The van der Waals surface area contributed by atoms with Crippen LogP contribution in [0.15, 0.2) is 18.5 Å². The molecule has 0 aliphatic carbocycles. The van der Waals surface area contributed by atoms with E-state index in [0.29, 0.717) is 31.9 Å². The number of methoxy groups -OCH3 is 1. The number of carbonyl (C=O) groups is 1. The summed E-state index contributed by atoms with van der Waals surface area (Å²) in [7, 11) is 1.64. The van der Waals surface area contributed by atoms with E-state index in [1.54, 1.807) is 19.5 Å². The Hall–Kier alpha value is -1.46. The molecule has 1 aromatic heterocycles. The van der Waals surface area contributed by atoms with E-state index >= 15 is 0 Å². The molecule has 1 aliphatic rings. The van der Waals surface area contributed by atoms with Gasteiger partial charge in [0, 0.05) is 32.7 Å². The van der Waals surface area contributed by atoms with Crippen molar-refractivity contribution < 1.29 is 14.3 Å². The summed E-state index contributed by atoms with van der Waals surface area (Å²) in [5.74, 6) is 0.0122. The zero-order valence-electron chi connectivity index (χ0n) is 11.5. The van der Waals surface area contributed by atoms with Crippen LogP contribution in [-0.2, 0) is 9.47 Å². The third-order valence-corrected chi connectivity index (χ3v) is 3.41. The Bertz CT molecular complexity index is 430. The molecule has 1 fully saturated rings. The average molecular weight is 264 g/mol. The first kappa shape index (κ1) is 14.0. The molecule has 1 aromatic rings. The number of nitrogens with zero attached hydrogens (tertiary/aromatic N) is 2. The van der Waals surface area contributed by atoms with Gasteiger partial charge in [-0.25, -0.2) is 0 Å². The minimum Gasteiger partial charge on any atom is -0.383 e. The number of aromatic nitrogens is 1. The van der Waals surface area contributed by atoms with Crippen LogP contribution in [-0.4, -0.2) is 55.3 Å². The number of hydrogen-bond acceptors (Lipinski definition) is 4. The van der Waals surface area contributed by atoms with Crippen LogP contribution >= 0.6 is 0 Å². The smallest absolute Gasteiger partial charge is 0.256 e. The summed E-state index contributed by atoms with van der Waals surface area (Å²) in [6.45, 7) is 4.36. The van der Waals surface area contributed by atoms with Gasteiger partial charge in [0.1, 0.15) is 0 Å². The Morgan fingerprint density at radius 1 is 1.63 bits per heavy atom. The minimum atomic E-state index is 0.0122. The van der Waals surface area contributed by atoms with Gasteiger partial charge in [-0.2, -0.15) is 0 Å². The van der Waals surface area contributed by atoms with E-state index in [1.807, 2.05) is 17.9 Å². The first-order valence-electron chi connectivity index (χ1n) is 6.52. The quantitative estimate of drug-likeness (QED) is 0.803. The highest BCUT2D eigenvalue weighted by Crippen LogP contribution is 2.17. The molecule has 1 saturated heterocycles. The van der Waals surface area contributed by atoms with E-state index in [-0.39, 0.29) is 11.9 Å². The maximum atomic E-state index is 12.6. The molecule has 0 N–H and O–H groups in total. The molecule has 0 aromatic carbocycles. The summed E-state index contributed by atoms with van der Waals surface area (Å²) in [6, 6.07) is 2.00.